The Bertz CT molecular complexity index is 807. The molecule has 1 saturated heterocycles. The van der Waals surface area contributed by atoms with Crippen molar-refractivity contribution < 1.29 is 9.47 Å². The number of guanidine groups is 1. The summed E-state index contributed by atoms with van der Waals surface area (Å²) in [6.45, 7) is 6.76. The lowest BCUT2D eigenvalue weighted by atomic mass is 10.1. The SMILES string of the molecule is CN=C(NCc1cccc(C)n1)NCc1ccc(C)cc1OCC1CCCO1.I. The fourth-order valence-corrected chi connectivity index (χ4v) is 3.17. The van der Waals surface area contributed by atoms with Crippen molar-refractivity contribution >= 4 is 29.9 Å². The zero-order valence-corrected chi connectivity index (χ0v) is 19.7. The quantitative estimate of drug-likeness (QED) is 0.338. The van der Waals surface area contributed by atoms with Gasteiger partial charge in [0, 0.05) is 31.5 Å². The molecule has 7 heteroatoms. The molecule has 0 aliphatic carbocycles. The second kappa shape index (κ2) is 12.0. The maximum Gasteiger partial charge on any atom is 0.191 e. The molecule has 0 amide bonds. The Morgan fingerprint density at radius 2 is 2.03 bits per heavy atom. The first kappa shape index (κ1) is 23.4. The van der Waals surface area contributed by atoms with Crippen molar-refractivity contribution in [2.75, 3.05) is 20.3 Å². The molecule has 1 aliphatic heterocycles. The fourth-order valence-electron chi connectivity index (χ4n) is 3.17. The van der Waals surface area contributed by atoms with E-state index in [2.05, 4.69) is 45.7 Å². The van der Waals surface area contributed by atoms with Crippen molar-refractivity contribution in [1.82, 2.24) is 15.6 Å². The highest BCUT2D eigenvalue weighted by molar-refractivity contribution is 14.0. The van der Waals surface area contributed by atoms with Gasteiger partial charge in [-0.15, -0.1) is 24.0 Å². The van der Waals surface area contributed by atoms with E-state index in [1.807, 2.05) is 25.1 Å². The van der Waals surface area contributed by atoms with Gasteiger partial charge in [0.2, 0.25) is 0 Å². The Morgan fingerprint density at radius 3 is 2.76 bits per heavy atom. The van der Waals surface area contributed by atoms with Crippen LogP contribution in [0.1, 0.15) is 35.4 Å². The van der Waals surface area contributed by atoms with Gasteiger partial charge in [0.05, 0.1) is 18.3 Å². The number of nitrogens with one attached hydrogen (secondary N) is 2. The van der Waals surface area contributed by atoms with Gasteiger partial charge < -0.3 is 20.1 Å². The molecular formula is C22H31IN4O2. The van der Waals surface area contributed by atoms with Crippen molar-refractivity contribution in [2.24, 2.45) is 4.99 Å². The van der Waals surface area contributed by atoms with E-state index in [0.717, 1.165) is 48.1 Å². The molecule has 6 nitrogen and oxygen atoms in total. The topological polar surface area (TPSA) is 67.8 Å². The zero-order chi connectivity index (χ0) is 19.8. The van der Waals surface area contributed by atoms with Crippen molar-refractivity contribution in [3.63, 3.8) is 0 Å². The van der Waals surface area contributed by atoms with Crippen LogP contribution in [0.3, 0.4) is 0 Å². The molecule has 1 fully saturated rings. The molecular weight excluding hydrogens is 479 g/mol. The predicted molar refractivity (Wildman–Crippen MR) is 127 cm³/mol. The first-order chi connectivity index (χ1) is 13.6. The maximum absolute atomic E-state index is 6.08. The minimum absolute atomic E-state index is 0. The number of hydrogen-bond donors (Lipinski definition) is 2. The normalized spacial score (nSPS) is 16.2. The van der Waals surface area contributed by atoms with Crippen LogP contribution in [-0.4, -0.2) is 37.3 Å². The lowest BCUT2D eigenvalue weighted by molar-refractivity contribution is 0.0676. The second-order valence-electron chi connectivity index (χ2n) is 7.11. The summed E-state index contributed by atoms with van der Waals surface area (Å²) in [4.78, 5) is 8.81. The smallest absolute Gasteiger partial charge is 0.191 e. The van der Waals surface area contributed by atoms with Gasteiger partial charge in [0.15, 0.2) is 5.96 Å². The summed E-state index contributed by atoms with van der Waals surface area (Å²) in [5.74, 6) is 1.63. The number of benzene rings is 1. The summed E-state index contributed by atoms with van der Waals surface area (Å²) in [5, 5.41) is 6.66. The Labute approximate surface area is 190 Å². The number of nitrogens with zero attached hydrogens (tertiary/aromatic N) is 2. The number of ether oxygens (including phenoxy) is 2. The van der Waals surface area contributed by atoms with Crippen LogP contribution in [0.25, 0.3) is 0 Å². The van der Waals surface area contributed by atoms with E-state index in [1.165, 1.54) is 5.56 Å². The standard InChI is InChI=1S/C22H30N4O2.HI/c1-16-9-10-18(21(12-16)28-15-20-8-5-11-27-20)13-24-22(23-3)25-14-19-7-4-6-17(2)26-19;/h4,6-7,9-10,12,20H,5,8,11,13-15H2,1-3H3,(H2,23,24,25);1H. The highest BCUT2D eigenvalue weighted by Crippen LogP contribution is 2.22. The Kier molecular flexibility index (Phi) is 9.66. The summed E-state index contributed by atoms with van der Waals surface area (Å²) >= 11 is 0. The van der Waals surface area contributed by atoms with E-state index in [4.69, 9.17) is 9.47 Å². The molecule has 1 unspecified atom stereocenters. The van der Waals surface area contributed by atoms with Crippen LogP contribution in [0.4, 0.5) is 0 Å². The average Bonchev–Trinajstić information content (AvgIpc) is 3.21. The molecule has 0 saturated carbocycles. The molecule has 3 rings (SSSR count). The van der Waals surface area contributed by atoms with Crippen molar-refractivity contribution in [2.45, 2.75) is 45.9 Å². The van der Waals surface area contributed by atoms with E-state index in [-0.39, 0.29) is 30.1 Å². The van der Waals surface area contributed by atoms with Gasteiger partial charge in [-0.3, -0.25) is 9.98 Å². The minimum Gasteiger partial charge on any atom is -0.491 e. The van der Waals surface area contributed by atoms with E-state index in [1.54, 1.807) is 7.05 Å². The van der Waals surface area contributed by atoms with Crippen LogP contribution in [-0.2, 0) is 17.8 Å². The monoisotopic (exact) mass is 510 g/mol. The van der Waals surface area contributed by atoms with Crippen LogP contribution in [0.5, 0.6) is 5.75 Å². The van der Waals surface area contributed by atoms with Crippen LogP contribution in [0.15, 0.2) is 41.4 Å². The Morgan fingerprint density at radius 1 is 1.21 bits per heavy atom. The predicted octanol–water partition coefficient (Wildman–Crippen LogP) is 3.74. The number of aromatic nitrogens is 1. The second-order valence-corrected chi connectivity index (χ2v) is 7.11. The Balaban J connectivity index is 0.00000300. The van der Waals surface area contributed by atoms with Crippen molar-refractivity contribution in [3.05, 3.63) is 58.9 Å². The van der Waals surface area contributed by atoms with Crippen molar-refractivity contribution in [3.8, 4) is 5.75 Å². The first-order valence-corrected chi connectivity index (χ1v) is 9.85. The molecule has 2 N–H and O–H groups in total. The highest BCUT2D eigenvalue weighted by Gasteiger charge is 2.17. The van der Waals surface area contributed by atoms with E-state index >= 15 is 0 Å². The van der Waals surface area contributed by atoms with Gasteiger partial charge in [-0.2, -0.15) is 0 Å². The number of rotatable bonds is 7. The van der Waals surface area contributed by atoms with Crippen LogP contribution in [0, 0.1) is 13.8 Å². The summed E-state index contributed by atoms with van der Waals surface area (Å²) in [6, 6.07) is 12.3. The molecule has 1 aromatic carbocycles. The van der Waals surface area contributed by atoms with Crippen molar-refractivity contribution in [1.29, 1.82) is 0 Å². The summed E-state index contributed by atoms with van der Waals surface area (Å²) in [6.07, 6.45) is 2.40. The number of pyridine rings is 1. The molecule has 29 heavy (non-hydrogen) atoms. The lowest BCUT2D eigenvalue weighted by Gasteiger charge is -2.17. The molecule has 158 valence electrons. The third-order valence-electron chi connectivity index (χ3n) is 4.72. The largest absolute Gasteiger partial charge is 0.491 e. The molecule has 0 radical (unpaired) electrons. The molecule has 0 spiro atoms. The number of aryl methyl sites for hydroxylation is 2. The van der Waals surface area contributed by atoms with E-state index < -0.39 is 0 Å². The average molecular weight is 510 g/mol. The highest BCUT2D eigenvalue weighted by atomic mass is 127. The third kappa shape index (κ3) is 7.47. The molecule has 1 aliphatic rings. The Hall–Kier alpha value is -1.87. The maximum atomic E-state index is 6.08. The fraction of sp³-hybridized carbons (Fsp3) is 0.455. The molecule has 0 bridgehead atoms. The molecule has 2 aromatic rings. The van der Waals surface area contributed by atoms with Gasteiger partial charge in [0.25, 0.3) is 0 Å². The van der Waals surface area contributed by atoms with Gasteiger partial charge in [0.1, 0.15) is 12.4 Å². The van der Waals surface area contributed by atoms with Crippen LogP contribution < -0.4 is 15.4 Å². The minimum atomic E-state index is 0. The zero-order valence-electron chi connectivity index (χ0n) is 17.4. The van der Waals surface area contributed by atoms with Gasteiger partial charge in [-0.05, 0) is 50.5 Å². The molecule has 1 aromatic heterocycles. The summed E-state index contributed by atoms with van der Waals surface area (Å²) in [5.41, 5.74) is 4.27. The number of aliphatic imine (C=N–C) groups is 1. The molecule has 2 heterocycles. The van der Waals surface area contributed by atoms with Gasteiger partial charge in [-0.1, -0.05) is 18.2 Å². The lowest BCUT2D eigenvalue weighted by Crippen LogP contribution is -2.36. The van der Waals surface area contributed by atoms with Gasteiger partial charge in [-0.25, -0.2) is 0 Å². The molecule has 1 atom stereocenters. The van der Waals surface area contributed by atoms with E-state index in [0.29, 0.717) is 19.7 Å². The first-order valence-electron chi connectivity index (χ1n) is 9.85. The number of halogens is 1. The number of hydrogen-bond acceptors (Lipinski definition) is 4. The van der Waals surface area contributed by atoms with Gasteiger partial charge >= 0.3 is 0 Å². The third-order valence-corrected chi connectivity index (χ3v) is 4.72. The van der Waals surface area contributed by atoms with Crippen LogP contribution >= 0.6 is 24.0 Å². The summed E-state index contributed by atoms with van der Waals surface area (Å²) in [7, 11) is 1.77. The van der Waals surface area contributed by atoms with Crippen LogP contribution in [0.2, 0.25) is 0 Å². The summed E-state index contributed by atoms with van der Waals surface area (Å²) < 4.78 is 11.7. The van der Waals surface area contributed by atoms with E-state index in [9.17, 15) is 0 Å².